The summed E-state index contributed by atoms with van der Waals surface area (Å²) < 4.78 is 18.7. The molecule has 0 bridgehead atoms. The van der Waals surface area contributed by atoms with E-state index in [2.05, 4.69) is 10.3 Å². The first-order valence-corrected chi connectivity index (χ1v) is 8.46. The molecule has 1 unspecified atom stereocenters. The monoisotopic (exact) mass is 336 g/mol. The number of fused-ring (bicyclic) bond motifs is 2. The third-order valence-electron chi connectivity index (χ3n) is 5.35. The Morgan fingerprint density at radius 2 is 1.88 bits per heavy atom. The standard InChI is InChI=1S/C20H17FN2O2/c21-13-5-6-14-15(8-22-18(14)7-13)11-1-3-12(4-2-11)20(24)23-19-16-9-25-10-17(16)19/h1-8,16-17,19,22H,9-10H2,(H,23,24)/t16-,17+,19?. The molecule has 2 aromatic carbocycles. The minimum atomic E-state index is -0.261. The fraction of sp³-hybridized carbons (Fsp3) is 0.250. The van der Waals surface area contributed by atoms with E-state index in [4.69, 9.17) is 4.74 Å². The zero-order chi connectivity index (χ0) is 17.0. The maximum absolute atomic E-state index is 13.3. The number of benzene rings is 2. The van der Waals surface area contributed by atoms with E-state index in [9.17, 15) is 9.18 Å². The molecule has 2 heterocycles. The van der Waals surface area contributed by atoms with Crippen LogP contribution in [0.3, 0.4) is 0 Å². The van der Waals surface area contributed by atoms with Gasteiger partial charge in [-0.15, -0.1) is 0 Å². The van der Waals surface area contributed by atoms with Crippen molar-refractivity contribution in [3.8, 4) is 11.1 Å². The summed E-state index contributed by atoms with van der Waals surface area (Å²) in [5.41, 5.74) is 3.40. The second kappa shape index (κ2) is 5.43. The normalized spacial score (nSPS) is 24.3. The molecule has 1 aliphatic carbocycles. The lowest BCUT2D eigenvalue weighted by Gasteiger charge is -2.08. The molecule has 3 aromatic rings. The van der Waals surface area contributed by atoms with Crippen molar-refractivity contribution in [1.82, 2.24) is 10.3 Å². The number of hydrogen-bond donors (Lipinski definition) is 2. The molecular formula is C20H17FN2O2. The molecule has 1 aliphatic heterocycles. The maximum Gasteiger partial charge on any atom is 0.251 e. The fourth-order valence-corrected chi connectivity index (χ4v) is 3.83. The third kappa shape index (κ3) is 2.43. The van der Waals surface area contributed by atoms with Crippen molar-refractivity contribution in [1.29, 1.82) is 0 Å². The van der Waals surface area contributed by atoms with Gasteiger partial charge in [0, 0.05) is 46.1 Å². The van der Waals surface area contributed by atoms with Gasteiger partial charge in [-0.05, 0) is 35.9 Å². The minimum absolute atomic E-state index is 0.0352. The summed E-state index contributed by atoms with van der Waals surface area (Å²) in [7, 11) is 0. The number of carbonyl (C=O) groups is 1. The van der Waals surface area contributed by atoms with Gasteiger partial charge in [-0.3, -0.25) is 4.79 Å². The van der Waals surface area contributed by atoms with Crippen molar-refractivity contribution in [3.05, 3.63) is 60.0 Å². The highest BCUT2D eigenvalue weighted by Crippen LogP contribution is 2.44. The second-order valence-corrected chi connectivity index (χ2v) is 6.83. The Kier molecular flexibility index (Phi) is 3.18. The quantitative estimate of drug-likeness (QED) is 0.771. The Morgan fingerprint density at radius 3 is 2.64 bits per heavy atom. The average molecular weight is 336 g/mol. The van der Waals surface area contributed by atoms with Crippen LogP contribution in [0.4, 0.5) is 4.39 Å². The summed E-state index contributed by atoms with van der Waals surface area (Å²) in [5, 5.41) is 4.06. The van der Waals surface area contributed by atoms with Crippen LogP contribution in [0.1, 0.15) is 10.4 Å². The number of ether oxygens (including phenoxy) is 1. The molecule has 0 spiro atoms. The van der Waals surface area contributed by atoms with Crippen LogP contribution >= 0.6 is 0 Å². The molecule has 2 N–H and O–H groups in total. The van der Waals surface area contributed by atoms with Gasteiger partial charge in [-0.2, -0.15) is 0 Å². The van der Waals surface area contributed by atoms with Crippen LogP contribution in [0.15, 0.2) is 48.7 Å². The number of aromatic amines is 1. The number of carbonyl (C=O) groups excluding carboxylic acids is 1. The second-order valence-electron chi connectivity index (χ2n) is 6.83. The molecule has 1 saturated heterocycles. The molecular weight excluding hydrogens is 319 g/mol. The van der Waals surface area contributed by atoms with Crippen LogP contribution in [0.5, 0.6) is 0 Å². The topological polar surface area (TPSA) is 54.1 Å². The van der Waals surface area contributed by atoms with E-state index >= 15 is 0 Å². The lowest BCUT2D eigenvalue weighted by Crippen LogP contribution is -2.29. The predicted molar refractivity (Wildman–Crippen MR) is 92.7 cm³/mol. The molecule has 1 amide bonds. The highest BCUT2D eigenvalue weighted by molar-refractivity contribution is 5.98. The van der Waals surface area contributed by atoms with E-state index in [-0.39, 0.29) is 17.8 Å². The van der Waals surface area contributed by atoms with E-state index < -0.39 is 0 Å². The Morgan fingerprint density at radius 1 is 1.12 bits per heavy atom. The zero-order valence-electron chi connectivity index (χ0n) is 13.5. The number of hydrogen-bond acceptors (Lipinski definition) is 2. The molecule has 3 atom stereocenters. The van der Waals surface area contributed by atoms with Crippen LogP contribution < -0.4 is 5.32 Å². The number of rotatable bonds is 3. The molecule has 25 heavy (non-hydrogen) atoms. The highest BCUT2D eigenvalue weighted by Gasteiger charge is 2.54. The molecule has 1 aromatic heterocycles. The van der Waals surface area contributed by atoms with Crippen molar-refractivity contribution in [2.45, 2.75) is 6.04 Å². The summed E-state index contributed by atoms with van der Waals surface area (Å²) in [6, 6.07) is 12.5. The van der Waals surface area contributed by atoms with Crippen LogP contribution in [0, 0.1) is 17.7 Å². The minimum Gasteiger partial charge on any atom is -0.381 e. The van der Waals surface area contributed by atoms with Crippen LogP contribution in [0.2, 0.25) is 0 Å². The Hall–Kier alpha value is -2.66. The molecule has 5 heteroatoms. The summed E-state index contributed by atoms with van der Waals surface area (Å²) in [5.74, 6) is 0.694. The van der Waals surface area contributed by atoms with Gasteiger partial charge >= 0.3 is 0 Å². The molecule has 126 valence electrons. The molecule has 0 radical (unpaired) electrons. The summed E-state index contributed by atoms with van der Waals surface area (Å²) in [6.07, 6.45) is 1.87. The number of amides is 1. The van der Waals surface area contributed by atoms with E-state index in [0.717, 1.165) is 35.2 Å². The lowest BCUT2D eigenvalue weighted by atomic mass is 10.0. The lowest BCUT2D eigenvalue weighted by molar-refractivity contribution is 0.0929. The van der Waals surface area contributed by atoms with E-state index in [1.807, 2.05) is 30.5 Å². The number of aromatic nitrogens is 1. The Balaban J connectivity index is 1.36. The summed E-state index contributed by atoms with van der Waals surface area (Å²) in [6.45, 7) is 1.52. The molecule has 5 rings (SSSR count). The van der Waals surface area contributed by atoms with Gasteiger partial charge in [0.1, 0.15) is 5.82 Å². The van der Waals surface area contributed by atoms with Crippen molar-refractivity contribution in [2.75, 3.05) is 13.2 Å². The summed E-state index contributed by atoms with van der Waals surface area (Å²) in [4.78, 5) is 15.5. The number of nitrogens with one attached hydrogen (secondary N) is 2. The van der Waals surface area contributed by atoms with Gasteiger partial charge in [-0.25, -0.2) is 4.39 Å². The average Bonchev–Trinajstić information content (AvgIpc) is 3.00. The molecule has 2 aliphatic rings. The molecule has 4 nitrogen and oxygen atoms in total. The van der Waals surface area contributed by atoms with Crippen LogP contribution in [0.25, 0.3) is 22.0 Å². The first-order valence-electron chi connectivity index (χ1n) is 8.46. The third-order valence-corrected chi connectivity index (χ3v) is 5.35. The van der Waals surface area contributed by atoms with Gasteiger partial charge in [-0.1, -0.05) is 12.1 Å². The predicted octanol–water partition coefficient (Wildman–Crippen LogP) is 3.35. The SMILES string of the molecule is O=C(NC1[C@H]2COC[C@@H]12)c1ccc(-c2c[nH]c3cc(F)ccc23)cc1. The number of H-pyrrole nitrogens is 1. The van der Waals surface area contributed by atoms with Gasteiger partial charge in [0.05, 0.1) is 13.2 Å². The first-order chi connectivity index (χ1) is 12.2. The maximum atomic E-state index is 13.3. The van der Waals surface area contributed by atoms with Crippen molar-refractivity contribution < 1.29 is 13.9 Å². The smallest absolute Gasteiger partial charge is 0.251 e. The van der Waals surface area contributed by atoms with E-state index in [0.29, 0.717) is 17.4 Å². The highest BCUT2D eigenvalue weighted by atomic mass is 19.1. The van der Waals surface area contributed by atoms with E-state index in [1.54, 1.807) is 6.07 Å². The van der Waals surface area contributed by atoms with Crippen LogP contribution in [-0.4, -0.2) is 30.1 Å². The Bertz CT molecular complexity index is 953. The van der Waals surface area contributed by atoms with Crippen molar-refractivity contribution in [2.24, 2.45) is 11.8 Å². The first kappa shape index (κ1) is 14.7. The Labute approximate surface area is 144 Å². The summed E-state index contributed by atoms with van der Waals surface area (Å²) >= 11 is 0. The molecule has 2 fully saturated rings. The largest absolute Gasteiger partial charge is 0.381 e. The van der Waals surface area contributed by atoms with Crippen molar-refractivity contribution in [3.63, 3.8) is 0 Å². The van der Waals surface area contributed by atoms with Crippen molar-refractivity contribution >= 4 is 16.8 Å². The van der Waals surface area contributed by atoms with Gasteiger partial charge in [0.25, 0.3) is 5.91 Å². The molecule has 1 saturated carbocycles. The zero-order valence-corrected chi connectivity index (χ0v) is 13.5. The fourth-order valence-electron chi connectivity index (χ4n) is 3.83. The van der Waals surface area contributed by atoms with E-state index in [1.165, 1.54) is 12.1 Å². The van der Waals surface area contributed by atoms with Gasteiger partial charge < -0.3 is 15.0 Å². The van der Waals surface area contributed by atoms with Gasteiger partial charge in [0.15, 0.2) is 0 Å². The van der Waals surface area contributed by atoms with Gasteiger partial charge in [0.2, 0.25) is 0 Å². The van der Waals surface area contributed by atoms with Crippen LogP contribution in [-0.2, 0) is 4.74 Å². The number of halogens is 1.